The van der Waals surface area contributed by atoms with E-state index in [9.17, 15) is 4.79 Å². The van der Waals surface area contributed by atoms with Crippen molar-refractivity contribution in [3.8, 4) is 17.6 Å². The molecule has 2 aromatic rings. The standard InChI is InChI=1S/C16H16N4O3S/c1-22-14-4-3-11(7-15(14)23-2)5-6-18-16(21)12(9-17)8-13-10-24-20-19-13/h3-4,7-8,10H,5-6H2,1-2H3,(H,18,21)/b12-8+. The highest BCUT2D eigenvalue weighted by Crippen LogP contribution is 2.27. The van der Waals surface area contributed by atoms with Crippen LogP contribution in [0.25, 0.3) is 6.08 Å². The van der Waals surface area contributed by atoms with Crippen molar-refractivity contribution >= 4 is 23.5 Å². The average molecular weight is 344 g/mol. The highest BCUT2D eigenvalue weighted by Gasteiger charge is 2.10. The number of nitrogens with one attached hydrogen (secondary N) is 1. The molecule has 7 nitrogen and oxygen atoms in total. The summed E-state index contributed by atoms with van der Waals surface area (Å²) in [5, 5.41) is 17.2. The van der Waals surface area contributed by atoms with Gasteiger partial charge in [-0.3, -0.25) is 4.79 Å². The maximum absolute atomic E-state index is 12.0. The smallest absolute Gasteiger partial charge is 0.262 e. The number of benzene rings is 1. The Morgan fingerprint density at radius 3 is 2.79 bits per heavy atom. The van der Waals surface area contributed by atoms with Crippen LogP contribution in [0.2, 0.25) is 0 Å². The zero-order chi connectivity index (χ0) is 17.4. The maximum Gasteiger partial charge on any atom is 0.262 e. The summed E-state index contributed by atoms with van der Waals surface area (Å²) in [5.41, 5.74) is 1.47. The molecular weight excluding hydrogens is 328 g/mol. The van der Waals surface area contributed by atoms with Crippen LogP contribution in [0.3, 0.4) is 0 Å². The van der Waals surface area contributed by atoms with Crippen LogP contribution in [0.1, 0.15) is 11.3 Å². The molecule has 0 bridgehead atoms. The number of hydrogen-bond donors (Lipinski definition) is 1. The fourth-order valence-electron chi connectivity index (χ4n) is 1.98. The van der Waals surface area contributed by atoms with Gasteiger partial charge in [0.05, 0.1) is 19.9 Å². The molecule has 0 atom stereocenters. The Balaban J connectivity index is 1.94. The highest BCUT2D eigenvalue weighted by molar-refractivity contribution is 7.03. The Morgan fingerprint density at radius 1 is 1.38 bits per heavy atom. The van der Waals surface area contributed by atoms with Crippen LogP contribution in [0.4, 0.5) is 0 Å². The van der Waals surface area contributed by atoms with Gasteiger partial charge in [-0.25, -0.2) is 0 Å². The number of carbonyl (C=O) groups excluding carboxylic acids is 1. The van der Waals surface area contributed by atoms with E-state index in [1.165, 1.54) is 6.08 Å². The summed E-state index contributed by atoms with van der Waals surface area (Å²) in [6, 6.07) is 7.44. The van der Waals surface area contributed by atoms with Gasteiger partial charge in [0, 0.05) is 11.9 Å². The van der Waals surface area contributed by atoms with Crippen LogP contribution in [-0.2, 0) is 11.2 Å². The number of amides is 1. The van der Waals surface area contributed by atoms with Crippen molar-refractivity contribution in [3.05, 3.63) is 40.4 Å². The first-order valence-electron chi connectivity index (χ1n) is 7.06. The molecule has 8 heteroatoms. The SMILES string of the molecule is COc1ccc(CCNC(=O)/C(C#N)=C/c2csnn2)cc1OC. The molecule has 0 saturated carbocycles. The minimum Gasteiger partial charge on any atom is -0.493 e. The first kappa shape index (κ1) is 17.4. The minimum absolute atomic E-state index is 0.00462. The number of carbonyl (C=O) groups is 1. The van der Waals surface area contributed by atoms with Gasteiger partial charge in [-0.15, -0.1) is 5.10 Å². The van der Waals surface area contributed by atoms with E-state index in [-0.39, 0.29) is 5.57 Å². The Hall–Kier alpha value is -2.92. The van der Waals surface area contributed by atoms with Crippen molar-refractivity contribution in [1.29, 1.82) is 5.26 Å². The second-order valence-corrected chi connectivity index (χ2v) is 5.30. The number of ether oxygens (including phenoxy) is 2. The van der Waals surface area contributed by atoms with Crippen LogP contribution in [-0.4, -0.2) is 36.3 Å². The molecule has 0 unspecified atom stereocenters. The molecule has 1 heterocycles. The summed E-state index contributed by atoms with van der Waals surface area (Å²) in [6.45, 7) is 0.392. The van der Waals surface area contributed by atoms with E-state index < -0.39 is 5.91 Å². The minimum atomic E-state index is -0.439. The van der Waals surface area contributed by atoms with E-state index in [0.29, 0.717) is 30.2 Å². The van der Waals surface area contributed by atoms with E-state index >= 15 is 0 Å². The Bertz CT molecular complexity index is 766. The zero-order valence-corrected chi connectivity index (χ0v) is 14.1. The summed E-state index contributed by atoms with van der Waals surface area (Å²) >= 11 is 1.16. The number of rotatable bonds is 7. The van der Waals surface area contributed by atoms with Gasteiger partial charge in [-0.05, 0) is 41.7 Å². The average Bonchev–Trinajstić information content (AvgIpc) is 3.12. The van der Waals surface area contributed by atoms with Crippen molar-refractivity contribution in [2.75, 3.05) is 20.8 Å². The van der Waals surface area contributed by atoms with Gasteiger partial charge >= 0.3 is 0 Å². The molecule has 0 spiro atoms. The van der Waals surface area contributed by atoms with Gasteiger partial charge in [0.2, 0.25) is 0 Å². The van der Waals surface area contributed by atoms with Gasteiger partial charge in [-0.2, -0.15) is 5.26 Å². The van der Waals surface area contributed by atoms with Crippen LogP contribution >= 0.6 is 11.5 Å². The lowest BCUT2D eigenvalue weighted by Crippen LogP contribution is -2.26. The lowest BCUT2D eigenvalue weighted by atomic mass is 10.1. The normalized spacial score (nSPS) is 10.8. The first-order chi connectivity index (χ1) is 11.7. The number of nitriles is 1. The summed E-state index contributed by atoms with van der Waals surface area (Å²) in [4.78, 5) is 12.0. The maximum atomic E-state index is 12.0. The van der Waals surface area contributed by atoms with Crippen molar-refractivity contribution in [3.63, 3.8) is 0 Å². The third kappa shape index (κ3) is 4.54. The van der Waals surface area contributed by atoms with Crippen LogP contribution in [0.5, 0.6) is 11.5 Å². The quantitative estimate of drug-likeness (QED) is 0.608. The van der Waals surface area contributed by atoms with Crippen molar-refractivity contribution in [2.24, 2.45) is 0 Å². The van der Waals surface area contributed by atoms with Gasteiger partial charge in [0.15, 0.2) is 11.5 Å². The Kier molecular flexibility index (Phi) is 6.28. The molecule has 124 valence electrons. The monoisotopic (exact) mass is 344 g/mol. The van der Waals surface area contributed by atoms with E-state index in [1.807, 2.05) is 24.3 Å². The summed E-state index contributed by atoms with van der Waals surface area (Å²) in [6.07, 6.45) is 2.01. The number of aromatic nitrogens is 2. The fraction of sp³-hybridized carbons (Fsp3) is 0.250. The Labute approximate surface area is 143 Å². The first-order valence-corrected chi connectivity index (χ1v) is 7.89. The fourth-order valence-corrected chi connectivity index (χ4v) is 2.39. The van der Waals surface area contributed by atoms with Crippen molar-refractivity contribution < 1.29 is 14.3 Å². The van der Waals surface area contributed by atoms with Crippen molar-refractivity contribution in [1.82, 2.24) is 14.9 Å². The van der Waals surface area contributed by atoms with E-state index in [4.69, 9.17) is 14.7 Å². The second-order valence-electron chi connectivity index (χ2n) is 4.69. The van der Waals surface area contributed by atoms with Gasteiger partial charge in [0.25, 0.3) is 5.91 Å². The molecule has 2 rings (SSSR count). The lowest BCUT2D eigenvalue weighted by Gasteiger charge is -2.10. The topological polar surface area (TPSA) is 97.1 Å². The summed E-state index contributed by atoms with van der Waals surface area (Å²) < 4.78 is 14.1. The van der Waals surface area contributed by atoms with E-state index in [1.54, 1.807) is 19.6 Å². The van der Waals surface area contributed by atoms with Gasteiger partial charge < -0.3 is 14.8 Å². The molecule has 0 radical (unpaired) electrons. The third-order valence-electron chi connectivity index (χ3n) is 3.18. The number of nitrogens with zero attached hydrogens (tertiary/aromatic N) is 3. The van der Waals surface area contributed by atoms with Crippen LogP contribution in [0, 0.1) is 11.3 Å². The number of hydrogen-bond acceptors (Lipinski definition) is 7. The van der Waals surface area contributed by atoms with Gasteiger partial charge in [0.1, 0.15) is 11.6 Å². The molecule has 0 saturated heterocycles. The van der Waals surface area contributed by atoms with Crippen LogP contribution in [0.15, 0.2) is 29.2 Å². The molecule has 1 aromatic heterocycles. The molecule has 0 aliphatic carbocycles. The van der Waals surface area contributed by atoms with Crippen molar-refractivity contribution in [2.45, 2.75) is 6.42 Å². The molecule has 1 aromatic carbocycles. The second kappa shape index (κ2) is 8.64. The van der Waals surface area contributed by atoms with Crippen LogP contribution < -0.4 is 14.8 Å². The predicted molar refractivity (Wildman–Crippen MR) is 89.8 cm³/mol. The van der Waals surface area contributed by atoms with Gasteiger partial charge in [-0.1, -0.05) is 10.6 Å². The molecule has 0 fully saturated rings. The molecule has 1 amide bonds. The molecule has 0 aliphatic heterocycles. The highest BCUT2D eigenvalue weighted by atomic mass is 32.1. The lowest BCUT2D eigenvalue weighted by molar-refractivity contribution is -0.117. The largest absolute Gasteiger partial charge is 0.493 e. The summed E-state index contributed by atoms with van der Waals surface area (Å²) in [5.74, 6) is 0.845. The third-order valence-corrected chi connectivity index (χ3v) is 3.70. The molecule has 24 heavy (non-hydrogen) atoms. The van der Waals surface area contributed by atoms with E-state index in [2.05, 4.69) is 14.9 Å². The predicted octanol–water partition coefficient (Wildman–Crippen LogP) is 1.82. The summed E-state index contributed by atoms with van der Waals surface area (Å²) in [7, 11) is 3.14. The molecule has 0 aliphatic rings. The Morgan fingerprint density at radius 2 is 2.17 bits per heavy atom. The number of methoxy groups -OCH3 is 2. The van der Waals surface area contributed by atoms with E-state index in [0.717, 1.165) is 17.1 Å². The molecular formula is C16H16N4O3S. The zero-order valence-electron chi connectivity index (χ0n) is 13.3. The molecule has 1 N–H and O–H groups in total.